The Morgan fingerprint density at radius 1 is 1.25 bits per heavy atom. The van der Waals surface area contributed by atoms with Crippen LogP contribution in [-0.2, 0) is 11.3 Å². The minimum absolute atomic E-state index is 0.181. The summed E-state index contributed by atoms with van der Waals surface area (Å²) in [5, 5.41) is 9.55. The first-order chi connectivity index (χ1) is 13.6. The zero-order valence-corrected chi connectivity index (χ0v) is 16.6. The molecule has 0 radical (unpaired) electrons. The van der Waals surface area contributed by atoms with E-state index in [9.17, 15) is 4.79 Å². The molecule has 8 nitrogen and oxygen atoms in total. The summed E-state index contributed by atoms with van der Waals surface area (Å²) in [5.74, 6) is -0.181. The van der Waals surface area contributed by atoms with Crippen LogP contribution < -0.4 is 5.32 Å². The molecule has 2 aromatic heterocycles. The molecule has 1 saturated heterocycles. The molecule has 0 saturated carbocycles. The highest BCUT2D eigenvalue weighted by Gasteiger charge is 2.22. The number of amides is 1. The molecule has 2 atom stereocenters. The van der Waals surface area contributed by atoms with Gasteiger partial charge in [-0.05, 0) is 38.1 Å². The standard InChI is InChI=1S/C19H22N6O2S/c1-13-7-24(8-14(2)27-13)9-16-10-28-19(22-16)23-18(26)15-3-5-17(6-4-15)25-12-20-11-21-25/h3-6,10-14H,7-9H2,1-2H3,(H,22,23,26). The third-order valence-electron chi connectivity index (χ3n) is 4.47. The third kappa shape index (κ3) is 4.44. The van der Waals surface area contributed by atoms with Gasteiger partial charge in [-0.3, -0.25) is 15.0 Å². The maximum Gasteiger partial charge on any atom is 0.257 e. The van der Waals surface area contributed by atoms with Crippen molar-refractivity contribution < 1.29 is 9.53 Å². The zero-order chi connectivity index (χ0) is 19.5. The highest BCUT2D eigenvalue weighted by atomic mass is 32.1. The maximum atomic E-state index is 12.5. The molecule has 1 N–H and O–H groups in total. The smallest absolute Gasteiger partial charge is 0.257 e. The number of rotatable bonds is 5. The van der Waals surface area contributed by atoms with Crippen LogP contribution in [-0.4, -0.2) is 55.9 Å². The fourth-order valence-electron chi connectivity index (χ4n) is 3.36. The molecule has 1 aliphatic rings. The number of hydrogen-bond donors (Lipinski definition) is 1. The van der Waals surface area contributed by atoms with Crippen molar-refractivity contribution in [2.75, 3.05) is 18.4 Å². The van der Waals surface area contributed by atoms with E-state index in [4.69, 9.17) is 4.74 Å². The minimum Gasteiger partial charge on any atom is -0.373 e. The third-order valence-corrected chi connectivity index (χ3v) is 5.27. The molecule has 1 aromatic carbocycles. The van der Waals surface area contributed by atoms with E-state index in [1.807, 2.05) is 17.5 Å². The minimum atomic E-state index is -0.181. The molecule has 1 aliphatic heterocycles. The summed E-state index contributed by atoms with van der Waals surface area (Å²) in [6.07, 6.45) is 3.53. The molecule has 9 heteroatoms. The number of hydrogen-bond acceptors (Lipinski definition) is 7. The normalized spacial score (nSPS) is 20.2. The van der Waals surface area contributed by atoms with Crippen molar-refractivity contribution in [1.29, 1.82) is 0 Å². The summed E-state index contributed by atoms with van der Waals surface area (Å²) in [5.41, 5.74) is 2.37. The molecule has 1 amide bonds. The molecule has 28 heavy (non-hydrogen) atoms. The Kier molecular flexibility index (Phi) is 5.47. The number of nitrogens with one attached hydrogen (secondary N) is 1. The lowest BCUT2D eigenvalue weighted by molar-refractivity contribution is -0.0707. The SMILES string of the molecule is CC1CN(Cc2csc(NC(=O)c3ccc(-n4cncn4)cc3)n2)CC(C)O1. The number of aromatic nitrogens is 4. The van der Waals surface area contributed by atoms with Crippen LogP contribution >= 0.6 is 11.3 Å². The molecule has 3 heterocycles. The van der Waals surface area contributed by atoms with Crippen LogP contribution in [0.4, 0.5) is 5.13 Å². The van der Waals surface area contributed by atoms with E-state index >= 15 is 0 Å². The summed E-state index contributed by atoms with van der Waals surface area (Å²) in [4.78, 5) is 23.3. The van der Waals surface area contributed by atoms with Gasteiger partial charge in [-0.2, -0.15) is 5.10 Å². The molecule has 0 aliphatic carbocycles. The Morgan fingerprint density at radius 3 is 2.68 bits per heavy atom. The lowest BCUT2D eigenvalue weighted by atomic mass is 10.2. The zero-order valence-electron chi connectivity index (χ0n) is 15.8. The van der Waals surface area contributed by atoms with Crippen molar-refractivity contribution in [2.24, 2.45) is 0 Å². The van der Waals surface area contributed by atoms with Gasteiger partial charge >= 0.3 is 0 Å². The Labute approximate surface area is 167 Å². The van der Waals surface area contributed by atoms with Gasteiger partial charge in [0, 0.05) is 30.6 Å². The first-order valence-corrected chi connectivity index (χ1v) is 10.0. The fraction of sp³-hybridized carbons (Fsp3) is 0.368. The van der Waals surface area contributed by atoms with Gasteiger partial charge < -0.3 is 4.74 Å². The molecule has 1 fully saturated rings. The van der Waals surface area contributed by atoms with Crippen LogP contribution in [0.25, 0.3) is 5.69 Å². The molecular formula is C19H22N6O2S. The second-order valence-electron chi connectivity index (χ2n) is 6.94. The highest BCUT2D eigenvalue weighted by Crippen LogP contribution is 2.20. The average molecular weight is 398 g/mol. The first-order valence-electron chi connectivity index (χ1n) is 9.15. The molecule has 0 spiro atoms. The first kappa shape index (κ1) is 18.7. The van der Waals surface area contributed by atoms with Gasteiger partial charge in [0.25, 0.3) is 5.91 Å². The van der Waals surface area contributed by atoms with Crippen LogP contribution in [0.2, 0.25) is 0 Å². The Balaban J connectivity index is 1.36. The van der Waals surface area contributed by atoms with Crippen molar-refractivity contribution in [2.45, 2.75) is 32.6 Å². The quantitative estimate of drug-likeness (QED) is 0.711. The van der Waals surface area contributed by atoms with E-state index in [-0.39, 0.29) is 18.1 Å². The average Bonchev–Trinajstić information content (AvgIpc) is 3.33. The molecule has 146 valence electrons. The summed E-state index contributed by atoms with van der Waals surface area (Å²) in [6.45, 7) is 6.72. The van der Waals surface area contributed by atoms with Crippen molar-refractivity contribution in [3.8, 4) is 5.69 Å². The van der Waals surface area contributed by atoms with E-state index in [1.54, 1.807) is 23.1 Å². The van der Waals surface area contributed by atoms with Gasteiger partial charge in [0.2, 0.25) is 0 Å². The van der Waals surface area contributed by atoms with Crippen LogP contribution in [0.1, 0.15) is 29.9 Å². The lowest BCUT2D eigenvalue weighted by Gasteiger charge is -2.34. The predicted octanol–water partition coefficient (Wildman–Crippen LogP) is 2.59. The summed E-state index contributed by atoms with van der Waals surface area (Å²) >= 11 is 1.44. The topological polar surface area (TPSA) is 85.2 Å². The Bertz CT molecular complexity index is 914. The number of morpholine rings is 1. The van der Waals surface area contributed by atoms with E-state index in [1.165, 1.54) is 17.7 Å². The van der Waals surface area contributed by atoms with Crippen LogP contribution in [0.15, 0.2) is 42.3 Å². The Morgan fingerprint density at radius 2 is 2.00 bits per heavy atom. The van der Waals surface area contributed by atoms with Crippen LogP contribution in [0.3, 0.4) is 0 Å². The van der Waals surface area contributed by atoms with Crippen molar-refractivity contribution in [1.82, 2.24) is 24.6 Å². The Hall–Kier alpha value is -2.62. The number of benzene rings is 1. The lowest BCUT2D eigenvalue weighted by Crippen LogP contribution is -2.44. The fourth-order valence-corrected chi connectivity index (χ4v) is 4.05. The van der Waals surface area contributed by atoms with Crippen molar-refractivity contribution >= 4 is 22.4 Å². The van der Waals surface area contributed by atoms with Gasteiger partial charge in [-0.1, -0.05) is 0 Å². The number of nitrogens with zero attached hydrogens (tertiary/aromatic N) is 5. The second-order valence-corrected chi connectivity index (χ2v) is 7.79. The number of thiazole rings is 1. The highest BCUT2D eigenvalue weighted by molar-refractivity contribution is 7.13. The second kappa shape index (κ2) is 8.17. The van der Waals surface area contributed by atoms with E-state index in [0.717, 1.165) is 31.0 Å². The predicted molar refractivity (Wildman–Crippen MR) is 107 cm³/mol. The number of ether oxygens (including phenoxy) is 1. The largest absolute Gasteiger partial charge is 0.373 e. The van der Waals surface area contributed by atoms with E-state index in [2.05, 4.69) is 39.1 Å². The number of carbonyl (C=O) groups is 1. The molecule has 0 bridgehead atoms. The van der Waals surface area contributed by atoms with Crippen molar-refractivity contribution in [3.05, 3.63) is 53.6 Å². The van der Waals surface area contributed by atoms with Crippen LogP contribution in [0.5, 0.6) is 0 Å². The summed E-state index contributed by atoms with van der Waals surface area (Å²) in [6, 6.07) is 7.18. The summed E-state index contributed by atoms with van der Waals surface area (Å²) in [7, 11) is 0. The summed E-state index contributed by atoms with van der Waals surface area (Å²) < 4.78 is 7.41. The van der Waals surface area contributed by atoms with Gasteiger partial charge in [0.15, 0.2) is 5.13 Å². The van der Waals surface area contributed by atoms with Gasteiger partial charge in [-0.25, -0.2) is 14.6 Å². The molecule has 4 rings (SSSR count). The van der Waals surface area contributed by atoms with Gasteiger partial charge in [-0.15, -0.1) is 11.3 Å². The number of anilines is 1. The number of carbonyl (C=O) groups excluding carboxylic acids is 1. The van der Waals surface area contributed by atoms with Gasteiger partial charge in [0.1, 0.15) is 12.7 Å². The maximum absolute atomic E-state index is 12.5. The monoisotopic (exact) mass is 398 g/mol. The van der Waals surface area contributed by atoms with Crippen molar-refractivity contribution in [3.63, 3.8) is 0 Å². The van der Waals surface area contributed by atoms with E-state index in [0.29, 0.717) is 10.7 Å². The molecule has 3 aromatic rings. The van der Waals surface area contributed by atoms with Crippen LogP contribution in [0, 0.1) is 0 Å². The van der Waals surface area contributed by atoms with Gasteiger partial charge in [0.05, 0.1) is 23.6 Å². The van der Waals surface area contributed by atoms with E-state index < -0.39 is 0 Å². The molecule has 2 unspecified atom stereocenters. The molecular weight excluding hydrogens is 376 g/mol.